The zero-order chi connectivity index (χ0) is 15.6. The van der Waals surface area contributed by atoms with Gasteiger partial charge in [-0.25, -0.2) is 0 Å². The molecular formula is C14H10ClF3N2O. The van der Waals surface area contributed by atoms with Crippen molar-refractivity contribution < 1.29 is 18.0 Å². The maximum atomic E-state index is 12.9. The molecule has 0 aliphatic rings. The topological polar surface area (TPSA) is 55.1 Å². The number of carbonyl (C=O) groups excluding carboxylic acids is 1. The van der Waals surface area contributed by atoms with Crippen LogP contribution in [0.25, 0.3) is 0 Å². The summed E-state index contributed by atoms with van der Waals surface area (Å²) in [6, 6.07) is 8.97. The molecule has 0 aromatic heterocycles. The lowest BCUT2D eigenvalue weighted by molar-refractivity contribution is -0.136. The Morgan fingerprint density at radius 2 is 1.71 bits per heavy atom. The monoisotopic (exact) mass is 314 g/mol. The number of nitrogen functional groups attached to an aromatic ring is 1. The second-order valence-electron chi connectivity index (χ2n) is 4.26. The molecule has 2 aromatic rings. The largest absolute Gasteiger partial charge is 0.418 e. The van der Waals surface area contributed by atoms with E-state index in [2.05, 4.69) is 5.32 Å². The first kappa shape index (κ1) is 15.2. The van der Waals surface area contributed by atoms with Crippen molar-refractivity contribution in [2.75, 3.05) is 11.1 Å². The lowest BCUT2D eigenvalue weighted by Gasteiger charge is -2.14. The molecule has 2 rings (SSSR count). The summed E-state index contributed by atoms with van der Waals surface area (Å²) in [7, 11) is 0. The van der Waals surface area contributed by atoms with E-state index in [9.17, 15) is 18.0 Å². The van der Waals surface area contributed by atoms with Gasteiger partial charge in [-0.05, 0) is 42.5 Å². The zero-order valence-electron chi connectivity index (χ0n) is 10.5. The molecule has 7 heteroatoms. The average Bonchev–Trinajstić information content (AvgIpc) is 2.40. The normalized spacial score (nSPS) is 11.2. The van der Waals surface area contributed by atoms with Crippen molar-refractivity contribution in [1.82, 2.24) is 0 Å². The van der Waals surface area contributed by atoms with E-state index in [-0.39, 0.29) is 16.9 Å². The smallest absolute Gasteiger partial charge is 0.399 e. The predicted octanol–water partition coefficient (Wildman–Crippen LogP) is 4.19. The SMILES string of the molecule is Nc1ccc(NC(=O)c2ccc(Cl)cc2)c(C(F)(F)F)c1. The Kier molecular flexibility index (Phi) is 4.09. The number of alkyl halides is 3. The molecule has 0 saturated carbocycles. The van der Waals surface area contributed by atoms with Crippen molar-refractivity contribution in [3.05, 3.63) is 58.6 Å². The third-order valence-electron chi connectivity index (χ3n) is 2.70. The number of hydrogen-bond acceptors (Lipinski definition) is 2. The third kappa shape index (κ3) is 3.66. The van der Waals surface area contributed by atoms with Crippen molar-refractivity contribution in [3.63, 3.8) is 0 Å². The fourth-order valence-corrected chi connectivity index (χ4v) is 1.83. The number of halogens is 4. The summed E-state index contributed by atoms with van der Waals surface area (Å²) in [5.74, 6) is -0.665. The summed E-state index contributed by atoms with van der Waals surface area (Å²) in [5, 5.41) is 2.65. The molecule has 0 unspecified atom stereocenters. The fraction of sp³-hybridized carbons (Fsp3) is 0.0714. The number of anilines is 2. The zero-order valence-corrected chi connectivity index (χ0v) is 11.3. The van der Waals surface area contributed by atoms with Gasteiger partial charge >= 0.3 is 6.18 Å². The summed E-state index contributed by atoms with van der Waals surface area (Å²) in [5.41, 5.74) is 4.17. The van der Waals surface area contributed by atoms with Gasteiger partial charge in [-0.3, -0.25) is 4.79 Å². The van der Waals surface area contributed by atoms with Crippen LogP contribution in [0.2, 0.25) is 5.02 Å². The van der Waals surface area contributed by atoms with E-state index in [0.717, 1.165) is 12.1 Å². The summed E-state index contributed by atoms with van der Waals surface area (Å²) >= 11 is 5.68. The van der Waals surface area contributed by atoms with Crippen LogP contribution in [0.1, 0.15) is 15.9 Å². The minimum Gasteiger partial charge on any atom is -0.399 e. The standard InChI is InChI=1S/C14H10ClF3N2O/c15-9-3-1-8(2-4-9)13(21)20-12-6-5-10(19)7-11(12)14(16,17)18/h1-7H,19H2,(H,20,21). The molecule has 3 N–H and O–H groups in total. The molecule has 0 saturated heterocycles. The van der Waals surface area contributed by atoms with E-state index in [1.54, 1.807) is 0 Å². The highest BCUT2D eigenvalue weighted by Gasteiger charge is 2.34. The Morgan fingerprint density at radius 3 is 2.29 bits per heavy atom. The molecule has 21 heavy (non-hydrogen) atoms. The molecule has 0 fully saturated rings. The van der Waals surface area contributed by atoms with Crippen LogP contribution in [-0.2, 0) is 6.18 Å². The van der Waals surface area contributed by atoms with Crippen molar-refractivity contribution >= 4 is 28.9 Å². The third-order valence-corrected chi connectivity index (χ3v) is 2.96. The van der Waals surface area contributed by atoms with Gasteiger partial charge < -0.3 is 11.1 Å². The molecule has 0 spiro atoms. The molecule has 2 aromatic carbocycles. The van der Waals surface area contributed by atoms with E-state index in [1.165, 1.54) is 30.3 Å². The van der Waals surface area contributed by atoms with Crippen LogP contribution in [0.15, 0.2) is 42.5 Å². The number of nitrogens with one attached hydrogen (secondary N) is 1. The molecule has 1 amide bonds. The van der Waals surface area contributed by atoms with E-state index in [4.69, 9.17) is 17.3 Å². The number of nitrogens with two attached hydrogens (primary N) is 1. The first-order valence-corrected chi connectivity index (χ1v) is 6.19. The Labute approximate surface area is 123 Å². The second-order valence-corrected chi connectivity index (χ2v) is 4.70. The molecule has 0 aliphatic carbocycles. The molecule has 110 valence electrons. The highest BCUT2D eigenvalue weighted by molar-refractivity contribution is 6.30. The number of amides is 1. The molecular weight excluding hydrogens is 305 g/mol. The van der Waals surface area contributed by atoms with Crippen molar-refractivity contribution in [3.8, 4) is 0 Å². The molecule has 0 bridgehead atoms. The lowest BCUT2D eigenvalue weighted by Crippen LogP contribution is -2.17. The summed E-state index contributed by atoms with van der Waals surface area (Å²) < 4.78 is 38.7. The maximum Gasteiger partial charge on any atom is 0.418 e. The van der Waals surface area contributed by atoms with Gasteiger partial charge in [-0.2, -0.15) is 13.2 Å². The van der Waals surface area contributed by atoms with Crippen LogP contribution in [0.4, 0.5) is 24.5 Å². The number of benzene rings is 2. The second kappa shape index (κ2) is 5.65. The first-order chi connectivity index (χ1) is 9.77. The maximum absolute atomic E-state index is 12.9. The van der Waals surface area contributed by atoms with Gasteiger partial charge in [0, 0.05) is 16.3 Å². The van der Waals surface area contributed by atoms with E-state index in [0.29, 0.717) is 5.02 Å². The van der Waals surface area contributed by atoms with Gasteiger partial charge in [0.25, 0.3) is 5.91 Å². The summed E-state index contributed by atoms with van der Waals surface area (Å²) in [6.07, 6.45) is -4.61. The van der Waals surface area contributed by atoms with Crippen LogP contribution in [0.5, 0.6) is 0 Å². The number of rotatable bonds is 2. The molecule has 0 heterocycles. The van der Waals surface area contributed by atoms with E-state index < -0.39 is 17.6 Å². The van der Waals surface area contributed by atoms with Gasteiger partial charge in [-0.1, -0.05) is 11.6 Å². The van der Waals surface area contributed by atoms with Crippen LogP contribution in [-0.4, -0.2) is 5.91 Å². The van der Waals surface area contributed by atoms with Crippen LogP contribution >= 0.6 is 11.6 Å². The molecule has 0 atom stereocenters. The lowest BCUT2D eigenvalue weighted by atomic mass is 10.1. The van der Waals surface area contributed by atoms with Gasteiger partial charge in [0.15, 0.2) is 0 Å². The quantitative estimate of drug-likeness (QED) is 0.816. The van der Waals surface area contributed by atoms with Crippen molar-refractivity contribution in [1.29, 1.82) is 0 Å². The van der Waals surface area contributed by atoms with Crippen molar-refractivity contribution in [2.24, 2.45) is 0 Å². The minimum absolute atomic E-state index is 0.0354. The van der Waals surface area contributed by atoms with Crippen LogP contribution in [0, 0.1) is 0 Å². The molecule has 0 radical (unpaired) electrons. The first-order valence-electron chi connectivity index (χ1n) is 5.81. The molecule has 0 aliphatic heterocycles. The van der Waals surface area contributed by atoms with Gasteiger partial charge in [-0.15, -0.1) is 0 Å². The Morgan fingerprint density at radius 1 is 1.10 bits per heavy atom. The Balaban J connectivity index is 2.31. The number of hydrogen-bond donors (Lipinski definition) is 2. The average molecular weight is 315 g/mol. The summed E-state index contributed by atoms with van der Waals surface area (Å²) in [4.78, 5) is 11.9. The van der Waals surface area contributed by atoms with Gasteiger partial charge in [0.1, 0.15) is 0 Å². The predicted molar refractivity (Wildman–Crippen MR) is 75.3 cm³/mol. The Hall–Kier alpha value is -2.21. The molecule has 3 nitrogen and oxygen atoms in total. The van der Waals surface area contributed by atoms with E-state index in [1.807, 2.05) is 0 Å². The van der Waals surface area contributed by atoms with Gasteiger partial charge in [0.2, 0.25) is 0 Å². The number of carbonyl (C=O) groups is 1. The minimum atomic E-state index is -4.61. The van der Waals surface area contributed by atoms with Gasteiger partial charge in [0.05, 0.1) is 11.3 Å². The Bertz CT molecular complexity index is 669. The van der Waals surface area contributed by atoms with Crippen LogP contribution < -0.4 is 11.1 Å². The highest BCUT2D eigenvalue weighted by atomic mass is 35.5. The highest BCUT2D eigenvalue weighted by Crippen LogP contribution is 2.36. The summed E-state index contributed by atoms with van der Waals surface area (Å²) in [6.45, 7) is 0. The van der Waals surface area contributed by atoms with E-state index >= 15 is 0 Å². The van der Waals surface area contributed by atoms with Crippen LogP contribution in [0.3, 0.4) is 0 Å². The fourth-order valence-electron chi connectivity index (χ4n) is 1.70. The van der Waals surface area contributed by atoms with Crippen molar-refractivity contribution in [2.45, 2.75) is 6.18 Å².